The minimum atomic E-state index is -0.884. The zero-order valence-electron chi connectivity index (χ0n) is 21.2. The number of nitrogens with one attached hydrogen (secondary N) is 1. The summed E-state index contributed by atoms with van der Waals surface area (Å²) in [6, 6.07) is 28.8. The molecule has 2 bridgehead atoms. The van der Waals surface area contributed by atoms with Crippen LogP contribution in [0.1, 0.15) is 54.9 Å². The molecule has 0 unspecified atom stereocenters. The number of aliphatic hydroxyl groups is 1. The van der Waals surface area contributed by atoms with Gasteiger partial charge in [-0.15, -0.1) is 0 Å². The minimum Gasteiger partial charge on any atom is -0.496 e. The monoisotopic (exact) mass is 470 g/mol. The van der Waals surface area contributed by atoms with Gasteiger partial charge in [0.05, 0.1) is 12.7 Å². The number of methoxy groups -OCH3 is 1. The fourth-order valence-electron chi connectivity index (χ4n) is 6.22. The number of nitrogens with zero attached hydrogens (tertiary/aromatic N) is 1. The molecule has 3 aromatic carbocycles. The quantitative estimate of drug-likeness (QED) is 0.469. The van der Waals surface area contributed by atoms with Crippen LogP contribution in [0.5, 0.6) is 5.75 Å². The second kappa shape index (κ2) is 10.1. The van der Waals surface area contributed by atoms with E-state index in [4.69, 9.17) is 4.74 Å². The Kier molecular flexibility index (Phi) is 6.97. The standard InChI is InChI=1S/C31H38N2O2/c1-31(2,34)26-14-15-27(35-3)25(20-26)21-32-29-24-16-18-33(19-17-24)30(29)28(22-10-6-4-7-11-22)23-12-8-5-9-13-23/h4-15,20,24,28-30,32,34H,16-19,21H2,1-3H3/t29-,30-/m0/s1. The number of hydrogen-bond acceptors (Lipinski definition) is 4. The molecule has 35 heavy (non-hydrogen) atoms. The Hall–Kier alpha value is -2.66. The summed E-state index contributed by atoms with van der Waals surface area (Å²) in [5, 5.41) is 14.6. The molecule has 6 rings (SSSR count). The number of piperidine rings is 3. The van der Waals surface area contributed by atoms with E-state index in [1.807, 2.05) is 26.0 Å². The summed E-state index contributed by atoms with van der Waals surface area (Å²) in [6.45, 7) is 6.72. The molecule has 3 heterocycles. The highest BCUT2D eigenvalue weighted by Gasteiger charge is 2.46. The molecule has 3 aliphatic rings. The Morgan fingerprint density at radius 3 is 2.09 bits per heavy atom. The van der Waals surface area contributed by atoms with Crippen molar-refractivity contribution in [3.8, 4) is 5.75 Å². The highest BCUT2D eigenvalue weighted by atomic mass is 16.5. The van der Waals surface area contributed by atoms with Crippen LogP contribution in [0.2, 0.25) is 0 Å². The van der Waals surface area contributed by atoms with Crippen LogP contribution in [-0.2, 0) is 12.1 Å². The molecule has 0 spiro atoms. The predicted octanol–water partition coefficient (Wildman–Crippen LogP) is 5.31. The van der Waals surface area contributed by atoms with Gasteiger partial charge in [-0.05, 0) is 74.5 Å². The van der Waals surface area contributed by atoms with E-state index in [9.17, 15) is 5.11 Å². The van der Waals surface area contributed by atoms with Crippen LogP contribution in [0.15, 0.2) is 78.9 Å². The molecule has 0 aliphatic carbocycles. The lowest BCUT2D eigenvalue weighted by atomic mass is 9.70. The molecule has 2 N–H and O–H groups in total. The Bertz CT molecular complexity index is 1060. The van der Waals surface area contributed by atoms with Crippen molar-refractivity contribution in [2.24, 2.45) is 5.92 Å². The molecule has 4 nitrogen and oxygen atoms in total. The fourth-order valence-corrected chi connectivity index (χ4v) is 6.22. The molecule has 0 radical (unpaired) electrons. The summed E-state index contributed by atoms with van der Waals surface area (Å²) >= 11 is 0. The maximum absolute atomic E-state index is 10.6. The first-order valence-electron chi connectivity index (χ1n) is 12.9. The van der Waals surface area contributed by atoms with E-state index in [1.165, 1.54) is 37.1 Å². The molecule has 3 saturated heterocycles. The lowest BCUT2D eigenvalue weighted by molar-refractivity contribution is 0.00460. The molecule has 4 heteroatoms. The average molecular weight is 471 g/mol. The van der Waals surface area contributed by atoms with E-state index in [2.05, 4.69) is 76.9 Å². The summed E-state index contributed by atoms with van der Waals surface area (Å²) < 4.78 is 5.70. The SMILES string of the molecule is COc1ccc(C(C)(C)O)cc1CN[C@H]1C2CCN(CC2)[C@H]1C(c1ccccc1)c1ccccc1. The average Bonchev–Trinajstić information content (AvgIpc) is 2.89. The summed E-state index contributed by atoms with van der Waals surface area (Å²) in [6.07, 6.45) is 2.48. The van der Waals surface area contributed by atoms with E-state index in [0.717, 1.165) is 23.4 Å². The van der Waals surface area contributed by atoms with Gasteiger partial charge < -0.3 is 15.2 Å². The number of ether oxygens (including phenoxy) is 1. The van der Waals surface area contributed by atoms with Gasteiger partial charge in [0.1, 0.15) is 5.75 Å². The van der Waals surface area contributed by atoms with Crippen molar-refractivity contribution in [1.82, 2.24) is 10.2 Å². The maximum Gasteiger partial charge on any atom is 0.123 e. The summed E-state index contributed by atoms with van der Waals surface area (Å²) in [5.74, 6) is 1.83. The van der Waals surface area contributed by atoms with E-state index in [1.54, 1.807) is 7.11 Å². The molecule has 0 amide bonds. The van der Waals surface area contributed by atoms with Crippen molar-refractivity contribution in [2.45, 2.75) is 56.8 Å². The van der Waals surface area contributed by atoms with E-state index in [0.29, 0.717) is 23.9 Å². The normalized spacial score (nSPS) is 24.0. The first-order chi connectivity index (χ1) is 17.0. The number of rotatable bonds is 8. The van der Waals surface area contributed by atoms with Gasteiger partial charge in [-0.2, -0.15) is 0 Å². The van der Waals surface area contributed by atoms with Gasteiger partial charge in [0.25, 0.3) is 0 Å². The van der Waals surface area contributed by atoms with Crippen molar-refractivity contribution in [3.63, 3.8) is 0 Å². The zero-order chi connectivity index (χ0) is 24.4. The molecule has 0 aromatic heterocycles. The zero-order valence-corrected chi connectivity index (χ0v) is 21.2. The first-order valence-corrected chi connectivity index (χ1v) is 12.9. The Morgan fingerprint density at radius 2 is 1.54 bits per heavy atom. The topological polar surface area (TPSA) is 44.7 Å². The highest BCUT2D eigenvalue weighted by Crippen LogP contribution is 2.42. The molecule has 2 atom stereocenters. The molecule has 3 aromatic rings. The summed E-state index contributed by atoms with van der Waals surface area (Å²) in [7, 11) is 1.72. The van der Waals surface area contributed by atoms with Gasteiger partial charge in [-0.3, -0.25) is 4.90 Å². The first kappa shape index (κ1) is 24.1. The molecule has 0 saturated carbocycles. The van der Waals surface area contributed by atoms with Gasteiger partial charge >= 0.3 is 0 Å². The maximum atomic E-state index is 10.6. The van der Waals surface area contributed by atoms with Crippen LogP contribution >= 0.6 is 0 Å². The lowest BCUT2D eigenvalue weighted by Crippen LogP contribution is -2.64. The Morgan fingerprint density at radius 1 is 0.943 bits per heavy atom. The molecule has 3 aliphatic heterocycles. The van der Waals surface area contributed by atoms with Crippen molar-refractivity contribution >= 4 is 0 Å². The van der Waals surface area contributed by atoms with Crippen LogP contribution in [0.4, 0.5) is 0 Å². The minimum absolute atomic E-state index is 0.308. The van der Waals surface area contributed by atoms with Crippen LogP contribution in [-0.4, -0.2) is 42.3 Å². The third kappa shape index (κ3) is 5.02. The summed E-state index contributed by atoms with van der Waals surface area (Å²) in [5.41, 5.74) is 3.88. The Balaban J connectivity index is 1.48. The van der Waals surface area contributed by atoms with E-state index < -0.39 is 5.60 Å². The van der Waals surface area contributed by atoms with Crippen molar-refractivity contribution in [2.75, 3.05) is 20.2 Å². The van der Waals surface area contributed by atoms with Crippen LogP contribution in [0.3, 0.4) is 0 Å². The second-order valence-electron chi connectivity index (χ2n) is 10.7. The van der Waals surface area contributed by atoms with Gasteiger partial charge in [0, 0.05) is 30.1 Å². The Labute approximate surface area is 209 Å². The highest BCUT2D eigenvalue weighted by molar-refractivity contribution is 5.40. The number of benzene rings is 3. The van der Waals surface area contributed by atoms with Gasteiger partial charge in [-0.25, -0.2) is 0 Å². The number of hydrogen-bond donors (Lipinski definition) is 2. The van der Waals surface area contributed by atoms with Crippen molar-refractivity contribution in [1.29, 1.82) is 0 Å². The van der Waals surface area contributed by atoms with Gasteiger partial charge in [0.15, 0.2) is 0 Å². The van der Waals surface area contributed by atoms with Crippen molar-refractivity contribution in [3.05, 3.63) is 101 Å². The van der Waals surface area contributed by atoms with Gasteiger partial charge in [-0.1, -0.05) is 66.7 Å². The molecule has 184 valence electrons. The largest absolute Gasteiger partial charge is 0.496 e. The van der Waals surface area contributed by atoms with Crippen LogP contribution in [0.25, 0.3) is 0 Å². The second-order valence-corrected chi connectivity index (χ2v) is 10.7. The summed E-state index contributed by atoms with van der Waals surface area (Å²) in [4.78, 5) is 2.72. The third-order valence-electron chi connectivity index (χ3n) is 8.05. The molecule has 3 fully saturated rings. The van der Waals surface area contributed by atoms with Crippen LogP contribution < -0.4 is 10.1 Å². The predicted molar refractivity (Wildman–Crippen MR) is 142 cm³/mol. The lowest BCUT2D eigenvalue weighted by Gasteiger charge is -2.54. The van der Waals surface area contributed by atoms with E-state index >= 15 is 0 Å². The fraction of sp³-hybridized carbons (Fsp3) is 0.419. The van der Waals surface area contributed by atoms with Crippen LogP contribution in [0, 0.1) is 5.92 Å². The van der Waals surface area contributed by atoms with Gasteiger partial charge in [0.2, 0.25) is 0 Å². The van der Waals surface area contributed by atoms with E-state index in [-0.39, 0.29) is 0 Å². The smallest absolute Gasteiger partial charge is 0.123 e. The third-order valence-corrected chi connectivity index (χ3v) is 8.05. The molecular weight excluding hydrogens is 432 g/mol. The van der Waals surface area contributed by atoms with Crippen molar-refractivity contribution < 1.29 is 9.84 Å². The number of fused-ring (bicyclic) bond motifs is 3. The molecular formula is C31H38N2O2.